The van der Waals surface area contributed by atoms with Crippen molar-refractivity contribution in [1.82, 2.24) is 4.90 Å². The topological polar surface area (TPSA) is 35.6 Å². The molecule has 3 rings (SSSR count). The smallest absolute Gasteiger partial charge is 0.248 e. The molecule has 0 spiro atoms. The largest absolute Gasteiger partial charge is 0.366 e. The monoisotopic (exact) mass is 403 g/mol. The van der Waals surface area contributed by atoms with Crippen LogP contribution in [0, 0.1) is 0 Å². The van der Waals surface area contributed by atoms with Crippen LogP contribution in [-0.2, 0) is 4.79 Å². The van der Waals surface area contributed by atoms with Gasteiger partial charge in [0.2, 0.25) is 5.91 Å². The predicted octanol–water partition coefficient (Wildman–Crippen LogP) is 4.79. The van der Waals surface area contributed by atoms with Gasteiger partial charge in [-0.3, -0.25) is 4.79 Å². The van der Waals surface area contributed by atoms with E-state index in [0.717, 1.165) is 49.7 Å². The van der Waals surface area contributed by atoms with Crippen LogP contribution in [0.3, 0.4) is 0 Å². The average molecular weight is 404 g/mol. The zero-order chi connectivity index (χ0) is 19.2. The molecule has 6 heteroatoms. The zero-order valence-electron chi connectivity index (χ0n) is 15.3. The summed E-state index contributed by atoms with van der Waals surface area (Å²) in [5.41, 5.74) is 2.54. The first-order valence-electron chi connectivity index (χ1n) is 9.07. The number of halogens is 2. The Morgan fingerprint density at radius 1 is 1.07 bits per heavy atom. The van der Waals surface area contributed by atoms with Crippen LogP contribution in [-0.4, -0.2) is 43.5 Å². The molecule has 27 heavy (non-hydrogen) atoms. The second kappa shape index (κ2) is 9.27. The Balaban J connectivity index is 1.72. The number of nitrogens with zero attached hydrogens (tertiary/aromatic N) is 2. The first-order valence-corrected chi connectivity index (χ1v) is 9.83. The van der Waals surface area contributed by atoms with E-state index < -0.39 is 0 Å². The van der Waals surface area contributed by atoms with Crippen LogP contribution >= 0.6 is 23.2 Å². The fraction of sp³-hybridized carbons (Fsp3) is 0.286. The van der Waals surface area contributed by atoms with Crippen LogP contribution in [0.15, 0.2) is 48.5 Å². The molecule has 1 aliphatic rings. The minimum Gasteiger partial charge on any atom is -0.366 e. The van der Waals surface area contributed by atoms with Crippen LogP contribution in [0.25, 0.3) is 6.08 Å². The summed E-state index contributed by atoms with van der Waals surface area (Å²) in [5.74, 6) is -0.194. The number of hydrogen-bond acceptors (Lipinski definition) is 3. The van der Waals surface area contributed by atoms with Crippen molar-refractivity contribution in [3.8, 4) is 0 Å². The maximum atomic E-state index is 12.4. The number of carbonyl (C=O) groups excluding carboxylic acids is 1. The number of likely N-dealkylation sites (N-methyl/N-ethyl adjacent to an activating group) is 1. The minimum atomic E-state index is -0.194. The highest BCUT2D eigenvalue weighted by Crippen LogP contribution is 2.34. The maximum absolute atomic E-state index is 12.4. The molecule has 142 valence electrons. The number of para-hydroxylation sites is 1. The molecule has 1 amide bonds. The molecule has 0 aliphatic carbocycles. The van der Waals surface area contributed by atoms with Crippen LogP contribution < -0.4 is 10.2 Å². The third-order valence-corrected chi connectivity index (χ3v) is 5.23. The second-order valence-electron chi connectivity index (χ2n) is 6.43. The molecule has 1 fully saturated rings. The van der Waals surface area contributed by atoms with E-state index in [1.54, 1.807) is 18.2 Å². The normalized spacial score (nSPS) is 15.3. The summed E-state index contributed by atoms with van der Waals surface area (Å²) in [4.78, 5) is 17.0. The summed E-state index contributed by atoms with van der Waals surface area (Å²) >= 11 is 12.3. The van der Waals surface area contributed by atoms with Gasteiger partial charge in [-0.05, 0) is 42.4 Å². The first-order chi connectivity index (χ1) is 13.1. The number of benzene rings is 2. The molecular weight excluding hydrogens is 381 g/mol. The SMILES string of the molecule is CCN1CCN(c2c(Cl)cccc2NC(=O)C=Cc2ccc(Cl)cc2)CC1. The number of carbonyl (C=O) groups is 1. The van der Waals surface area contributed by atoms with E-state index in [1.165, 1.54) is 6.08 Å². The van der Waals surface area contributed by atoms with Gasteiger partial charge >= 0.3 is 0 Å². The van der Waals surface area contributed by atoms with Gasteiger partial charge in [-0.15, -0.1) is 0 Å². The minimum absolute atomic E-state index is 0.194. The Labute approximate surface area is 170 Å². The van der Waals surface area contributed by atoms with Crippen molar-refractivity contribution in [3.63, 3.8) is 0 Å². The molecule has 2 aromatic carbocycles. The standard InChI is InChI=1S/C21H23Cl2N3O/c1-2-25-12-14-26(15-13-25)21-18(23)4-3-5-19(21)24-20(27)11-8-16-6-9-17(22)10-7-16/h3-11H,2,12-15H2,1H3,(H,24,27). The molecule has 0 atom stereocenters. The lowest BCUT2D eigenvalue weighted by Crippen LogP contribution is -2.46. The molecular formula is C21H23Cl2N3O. The second-order valence-corrected chi connectivity index (χ2v) is 7.28. The van der Waals surface area contributed by atoms with Crippen LogP contribution in [0.5, 0.6) is 0 Å². The molecule has 1 N–H and O–H groups in total. The van der Waals surface area contributed by atoms with Gasteiger partial charge in [0.1, 0.15) is 0 Å². The summed E-state index contributed by atoms with van der Waals surface area (Å²) in [5, 5.41) is 4.29. The van der Waals surface area contributed by atoms with Gasteiger partial charge in [0.15, 0.2) is 0 Å². The van der Waals surface area contributed by atoms with Gasteiger partial charge in [-0.25, -0.2) is 0 Å². The molecule has 1 aliphatic heterocycles. The molecule has 1 heterocycles. The number of nitrogens with one attached hydrogen (secondary N) is 1. The lowest BCUT2D eigenvalue weighted by molar-refractivity contribution is -0.111. The third kappa shape index (κ3) is 5.25. The van der Waals surface area contributed by atoms with Crippen molar-refractivity contribution in [1.29, 1.82) is 0 Å². The molecule has 2 aromatic rings. The molecule has 0 saturated carbocycles. The van der Waals surface area contributed by atoms with E-state index in [2.05, 4.69) is 22.0 Å². The fourth-order valence-corrected chi connectivity index (χ4v) is 3.57. The van der Waals surface area contributed by atoms with Crippen molar-refractivity contribution in [3.05, 3.63) is 64.1 Å². The van der Waals surface area contributed by atoms with Crippen molar-refractivity contribution < 1.29 is 4.79 Å². The number of rotatable bonds is 5. The number of piperazine rings is 1. The Bertz CT molecular complexity index is 813. The van der Waals surface area contributed by atoms with Crippen molar-refractivity contribution in [2.75, 3.05) is 42.9 Å². The number of hydrogen-bond donors (Lipinski definition) is 1. The van der Waals surface area contributed by atoms with Gasteiger partial charge in [0.05, 0.1) is 16.4 Å². The lowest BCUT2D eigenvalue weighted by Gasteiger charge is -2.36. The van der Waals surface area contributed by atoms with Gasteiger partial charge in [-0.1, -0.05) is 48.3 Å². The van der Waals surface area contributed by atoms with Crippen molar-refractivity contribution in [2.24, 2.45) is 0 Å². The highest BCUT2D eigenvalue weighted by Gasteiger charge is 2.21. The van der Waals surface area contributed by atoms with E-state index in [4.69, 9.17) is 23.2 Å². The first kappa shape index (κ1) is 19.7. The Morgan fingerprint density at radius 3 is 2.44 bits per heavy atom. The van der Waals surface area contributed by atoms with Crippen LogP contribution in [0.2, 0.25) is 10.0 Å². The van der Waals surface area contributed by atoms with E-state index in [-0.39, 0.29) is 5.91 Å². The third-order valence-electron chi connectivity index (χ3n) is 4.68. The molecule has 0 bridgehead atoms. The maximum Gasteiger partial charge on any atom is 0.248 e. The summed E-state index contributed by atoms with van der Waals surface area (Å²) < 4.78 is 0. The Hall–Kier alpha value is -2.01. The summed E-state index contributed by atoms with van der Waals surface area (Å²) in [7, 11) is 0. The molecule has 4 nitrogen and oxygen atoms in total. The van der Waals surface area contributed by atoms with E-state index in [9.17, 15) is 4.79 Å². The van der Waals surface area contributed by atoms with Gasteiger partial charge < -0.3 is 15.1 Å². The molecule has 0 radical (unpaired) electrons. The van der Waals surface area contributed by atoms with Crippen molar-refractivity contribution >= 4 is 46.6 Å². The van der Waals surface area contributed by atoms with Crippen molar-refractivity contribution in [2.45, 2.75) is 6.92 Å². The van der Waals surface area contributed by atoms with Gasteiger partial charge in [-0.2, -0.15) is 0 Å². The fourth-order valence-electron chi connectivity index (χ4n) is 3.15. The summed E-state index contributed by atoms with van der Waals surface area (Å²) in [6.07, 6.45) is 3.28. The summed E-state index contributed by atoms with van der Waals surface area (Å²) in [6.45, 7) is 6.98. The zero-order valence-corrected chi connectivity index (χ0v) is 16.8. The van der Waals surface area contributed by atoms with E-state index in [1.807, 2.05) is 30.3 Å². The summed E-state index contributed by atoms with van der Waals surface area (Å²) in [6, 6.07) is 12.9. The highest BCUT2D eigenvalue weighted by molar-refractivity contribution is 6.34. The number of anilines is 2. The van der Waals surface area contributed by atoms with Gasteiger partial charge in [0.25, 0.3) is 0 Å². The molecule has 1 saturated heterocycles. The number of amides is 1. The quantitative estimate of drug-likeness (QED) is 0.728. The highest BCUT2D eigenvalue weighted by atomic mass is 35.5. The van der Waals surface area contributed by atoms with Gasteiger partial charge in [0, 0.05) is 37.3 Å². The molecule has 0 unspecified atom stereocenters. The van der Waals surface area contributed by atoms with E-state index >= 15 is 0 Å². The lowest BCUT2D eigenvalue weighted by atomic mass is 10.2. The Morgan fingerprint density at radius 2 is 1.78 bits per heavy atom. The Kier molecular flexibility index (Phi) is 6.78. The molecule has 0 aromatic heterocycles. The van der Waals surface area contributed by atoms with Crippen LogP contribution in [0.4, 0.5) is 11.4 Å². The van der Waals surface area contributed by atoms with Crippen LogP contribution in [0.1, 0.15) is 12.5 Å². The van der Waals surface area contributed by atoms with E-state index in [0.29, 0.717) is 10.0 Å². The average Bonchev–Trinajstić information content (AvgIpc) is 2.68. The predicted molar refractivity (Wildman–Crippen MR) is 115 cm³/mol.